The fraction of sp³-hybridized carbons (Fsp3) is 0.571. The van der Waals surface area contributed by atoms with Crippen LogP contribution in [0.2, 0.25) is 0 Å². The van der Waals surface area contributed by atoms with Crippen molar-refractivity contribution in [2.24, 2.45) is 0 Å². The number of rotatable bonds is 5. The molecule has 0 radical (unpaired) electrons. The lowest BCUT2D eigenvalue weighted by molar-refractivity contribution is -0.114. The summed E-state index contributed by atoms with van der Waals surface area (Å²) in [4.78, 5) is 10.8. The second-order valence-corrected chi connectivity index (χ2v) is 6.64. The van der Waals surface area contributed by atoms with Gasteiger partial charge in [-0.15, -0.1) is 21.8 Å². The molecule has 0 aliphatic rings. The van der Waals surface area contributed by atoms with E-state index in [9.17, 15) is 13.2 Å². The molecule has 7 nitrogen and oxygen atoms in total. The van der Waals surface area contributed by atoms with Gasteiger partial charge in [-0.3, -0.25) is 4.79 Å². The molecule has 0 bridgehead atoms. The minimum Gasteiger partial charge on any atom is -0.301 e. The molecule has 0 saturated heterocycles. The molecule has 0 fully saturated rings. The summed E-state index contributed by atoms with van der Waals surface area (Å²) >= 11 is 6.26. The molecule has 0 spiro atoms. The molecule has 1 aromatic heterocycles. The van der Waals surface area contributed by atoms with Gasteiger partial charge in [0.15, 0.2) is 0 Å². The zero-order valence-electron chi connectivity index (χ0n) is 9.18. The summed E-state index contributed by atoms with van der Waals surface area (Å²) in [5.41, 5.74) is 0. The molecule has 10 heteroatoms. The topological polar surface area (TPSA) is 92.3 Å². The molecule has 1 amide bonds. The molecule has 0 unspecified atom stereocenters. The van der Waals surface area contributed by atoms with Crippen molar-refractivity contribution in [2.75, 3.05) is 24.8 Å². The van der Waals surface area contributed by atoms with Crippen LogP contribution in [0.5, 0.6) is 0 Å². The maximum Gasteiger partial charge on any atom is 0.272 e. The second kappa shape index (κ2) is 5.71. The lowest BCUT2D eigenvalue weighted by atomic mass is 10.7. The van der Waals surface area contributed by atoms with Crippen LogP contribution in [0.3, 0.4) is 0 Å². The number of aromatic nitrogens is 2. The highest BCUT2D eigenvalue weighted by Gasteiger charge is 2.25. The molecule has 1 rings (SSSR count). The van der Waals surface area contributed by atoms with Gasteiger partial charge in [0.25, 0.3) is 10.0 Å². The molecule has 17 heavy (non-hydrogen) atoms. The van der Waals surface area contributed by atoms with Gasteiger partial charge in [0.05, 0.1) is 0 Å². The highest BCUT2D eigenvalue weighted by atomic mass is 35.5. The van der Waals surface area contributed by atoms with E-state index in [1.165, 1.54) is 14.0 Å². The van der Waals surface area contributed by atoms with Gasteiger partial charge in [0.1, 0.15) is 0 Å². The summed E-state index contributed by atoms with van der Waals surface area (Å²) in [5, 5.41) is 9.60. The van der Waals surface area contributed by atoms with Crippen molar-refractivity contribution < 1.29 is 13.2 Å². The molecule has 96 valence electrons. The molecule has 1 heterocycles. The average molecular weight is 299 g/mol. The zero-order valence-corrected chi connectivity index (χ0v) is 11.6. The third kappa shape index (κ3) is 3.60. The normalized spacial score (nSPS) is 11.8. The third-order valence-corrected chi connectivity index (χ3v) is 4.93. The van der Waals surface area contributed by atoms with E-state index in [0.717, 1.165) is 15.6 Å². The summed E-state index contributed by atoms with van der Waals surface area (Å²) in [6.45, 7) is 1.48. The first-order chi connectivity index (χ1) is 7.87. The van der Waals surface area contributed by atoms with Gasteiger partial charge in [-0.05, 0) is 0 Å². The van der Waals surface area contributed by atoms with Crippen LogP contribution >= 0.6 is 22.9 Å². The number of nitrogens with zero attached hydrogens (tertiary/aromatic N) is 3. The Balaban J connectivity index is 2.92. The van der Waals surface area contributed by atoms with E-state index in [2.05, 4.69) is 15.5 Å². The number of nitrogens with one attached hydrogen (secondary N) is 1. The number of carbonyl (C=O) groups is 1. The maximum absolute atomic E-state index is 11.9. The van der Waals surface area contributed by atoms with Gasteiger partial charge in [-0.2, -0.15) is 4.31 Å². The Bertz CT molecular complexity index is 501. The van der Waals surface area contributed by atoms with E-state index in [4.69, 9.17) is 11.6 Å². The predicted molar refractivity (Wildman–Crippen MR) is 64.7 cm³/mol. The summed E-state index contributed by atoms with van der Waals surface area (Å²) in [7, 11) is -2.27. The Kier molecular flexibility index (Phi) is 4.80. The summed E-state index contributed by atoms with van der Waals surface area (Å²) in [6.07, 6.45) is 0. The smallest absolute Gasteiger partial charge is 0.272 e. The summed E-state index contributed by atoms with van der Waals surface area (Å²) < 4.78 is 24.7. The van der Waals surface area contributed by atoms with Gasteiger partial charge in [0.2, 0.25) is 15.4 Å². The first-order valence-corrected chi connectivity index (χ1v) is 7.30. The van der Waals surface area contributed by atoms with E-state index < -0.39 is 10.0 Å². The van der Waals surface area contributed by atoms with Crippen LogP contribution in [-0.2, 0) is 14.8 Å². The number of halogens is 1. The van der Waals surface area contributed by atoms with Gasteiger partial charge in [0, 0.05) is 26.4 Å². The van der Waals surface area contributed by atoms with Crippen molar-refractivity contribution in [3.8, 4) is 0 Å². The quantitative estimate of drug-likeness (QED) is 0.626. The fourth-order valence-electron chi connectivity index (χ4n) is 0.888. The average Bonchev–Trinajstić information content (AvgIpc) is 2.66. The number of hydrogen-bond donors (Lipinski definition) is 1. The molecule has 1 N–H and O–H groups in total. The molecule has 1 aromatic rings. The van der Waals surface area contributed by atoms with Crippen LogP contribution < -0.4 is 5.32 Å². The molecular weight excluding hydrogens is 288 g/mol. The number of alkyl halides is 1. The van der Waals surface area contributed by atoms with Gasteiger partial charge < -0.3 is 5.32 Å². The third-order valence-electron chi connectivity index (χ3n) is 1.72. The molecule has 0 aliphatic heterocycles. The number of carbonyl (C=O) groups excluding carboxylic acids is 1. The van der Waals surface area contributed by atoms with Crippen LogP contribution in [0.4, 0.5) is 5.13 Å². The summed E-state index contributed by atoms with van der Waals surface area (Å²) in [6, 6.07) is 0. The van der Waals surface area contributed by atoms with Crippen LogP contribution in [-0.4, -0.2) is 48.3 Å². The number of amides is 1. The number of sulfonamides is 1. The van der Waals surface area contributed by atoms with E-state index in [-0.39, 0.29) is 27.8 Å². The second-order valence-electron chi connectivity index (χ2n) is 3.07. The Morgan fingerprint density at radius 2 is 2.18 bits per heavy atom. The van der Waals surface area contributed by atoms with Crippen molar-refractivity contribution in [3.63, 3.8) is 0 Å². The fourth-order valence-corrected chi connectivity index (χ4v) is 3.55. The monoisotopic (exact) mass is 298 g/mol. The Hall–Kier alpha value is -0.770. The van der Waals surface area contributed by atoms with E-state index in [1.54, 1.807) is 0 Å². The van der Waals surface area contributed by atoms with Gasteiger partial charge >= 0.3 is 0 Å². The SMILES string of the molecule is CC(=O)Nc1nnc(S(=O)(=O)N(C)CCCl)s1. The van der Waals surface area contributed by atoms with Crippen LogP contribution in [0.15, 0.2) is 4.34 Å². The van der Waals surface area contributed by atoms with Gasteiger partial charge in [-0.25, -0.2) is 8.42 Å². The number of anilines is 1. The van der Waals surface area contributed by atoms with Crippen molar-refractivity contribution in [3.05, 3.63) is 0 Å². The van der Waals surface area contributed by atoms with Crippen molar-refractivity contribution >= 4 is 44.0 Å². The lowest BCUT2D eigenvalue weighted by Gasteiger charge is -2.12. The Labute approximate surface area is 108 Å². The van der Waals surface area contributed by atoms with E-state index in [0.29, 0.717) is 0 Å². The molecular formula is C7H11ClN4O3S2. The van der Waals surface area contributed by atoms with Crippen molar-refractivity contribution in [1.82, 2.24) is 14.5 Å². The Morgan fingerprint density at radius 3 is 2.71 bits per heavy atom. The molecule has 0 aromatic carbocycles. The van der Waals surface area contributed by atoms with E-state index >= 15 is 0 Å². The van der Waals surface area contributed by atoms with Crippen LogP contribution in [0.1, 0.15) is 6.92 Å². The van der Waals surface area contributed by atoms with Crippen LogP contribution in [0.25, 0.3) is 0 Å². The Morgan fingerprint density at radius 1 is 1.53 bits per heavy atom. The summed E-state index contributed by atoms with van der Waals surface area (Å²) in [5.74, 6) is -0.146. The largest absolute Gasteiger partial charge is 0.301 e. The number of hydrogen-bond acceptors (Lipinski definition) is 6. The molecule has 0 atom stereocenters. The van der Waals surface area contributed by atoms with E-state index in [1.807, 2.05) is 0 Å². The minimum atomic E-state index is -3.67. The first kappa shape index (κ1) is 14.3. The highest BCUT2D eigenvalue weighted by Crippen LogP contribution is 2.22. The minimum absolute atomic E-state index is 0.148. The van der Waals surface area contributed by atoms with Crippen molar-refractivity contribution in [1.29, 1.82) is 0 Å². The molecule has 0 saturated carbocycles. The predicted octanol–water partition coefficient (Wildman–Crippen LogP) is 0.356. The van der Waals surface area contributed by atoms with Gasteiger partial charge in [-0.1, -0.05) is 11.3 Å². The first-order valence-electron chi connectivity index (χ1n) is 4.51. The standard InChI is InChI=1S/C7H11ClN4O3S2/c1-5(13)9-6-10-11-7(16-6)17(14,15)12(2)4-3-8/h3-4H2,1-2H3,(H,9,10,13). The highest BCUT2D eigenvalue weighted by molar-refractivity contribution is 7.91. The van der Waals surface area contributed by atoms with Crippen LogP contribution in [0, 0.1) is 0 Å². The van der Waals surface area contributed by atoms with Crippen molar-refractivity contribution in [2.45, 2.75) is 11.3 Å². The molecule has 0 aliphatic carbocycles. The lowest BCUT2D eigenvalue weighted by Crippen LogP contribution is -2.28. The zero-order chi connectivity index (χ0) is 13.1. The maximum atomic E-state index is 11.9.